The maximum Gasteiger partial charge on any atom is 0.573 e. The van der Waals surface area contributed by atoms with Crippen molar-refractivity contribution in [2.24, 2.45) is 5.92 Å². The molecule has 2 rings (SSSR count). The average Bonchev–Trinajstić information content (AvgIpc) is 2.39. The highest BCUT2D eigenvalue weighted by Crippen LogP contribution is 2.24. The number of thiocarbonyl (C=S) groups is 1. The Morgan fingerprint density at radius 3 is 2.57 bits per heavy atom. The van der Waals surface area contributed by atoms with Gasteiger partial charge in [0.15, 0.2) is 5.11 Å². The average molecular weight is 318 g/mol. The van der Waals surface area contributed by atoms with E-state index in [1.54, 1.807) is 0 Å². The van der Waals surface area contributed by atoms with E-state index in [1.165, 1.54) is 30.7 Å². The van der Waals surface area contributed by atoms with Crippen LogP contribution in [0, 0.1) is 5.92 Å². The van der Waals surface area contributed by atoms with Gasteiger partial charge >= 0.3 is 6.36 Å². The first kappa shape index (κ1) is 15.9. The van der Waals surface area contributed by atoms with Crippen LogP contribution >= 0.6 is 12.2 Å². The number of hydrogen-bond acceptors (Lipinski definition) is 2. The second-order valence-corrected chi connectivity index (χ2v) is 5.58. The monoisotopic (exact) mass is 318 g/mol. The number of nitrogens with one attached hydrogen (secondary N) is 1. The number of halogens is 3. The Bertz CT molecular complexity index is 490. The van der Waals surface area contributed by atoms with Gasteiger partial charge in [-0.15, -0.1) is 13.2 Å². The number of hydrogen-bond donors (Lipinski definition) is 1. The third-order valence-electron chi connectivity index (χ3n) is 3.28. The normalized spacial score (nSPS) is 19.2. The fourth-order valence-corrected chi connectivity index (χ4v) is 2.60. The van der Waals surface area contributed by atoms with E-state index < -0.39 is 6.36 Å². The Labute approximate surface area is 127 Å². The number of likely N-dealkylation sites (tertiary alicyclic amines) is 1. The lowest BCUT2D eigenvalue weighted by Gasteiger charge is -2.33. The van der Waals surface area contributed by atoms with E-state index in [4.69, 9.17) is 12.2 Å². The van der Waals surface area contributed by atoms with Crippen LogP contribution in [0.15, 0.2) is 24.3 Å². The molecule has 1 heterocycles. The Balaban J connectivity index is 1.92. The van der Waals surface area contributed by atoms with Crippen LogP contribution in [0.4, 0.5) is 18.9 Å². The van der Waals surface area contributed by atoms with Gasteiger partial charge in [-0.3, -0.25) is 0 Å². The van der Waals surface area contributed by atoms with Gasteiger partial charge in [-0.1, -0.05) is 6.92 Å². The topological polar surface area (TPSA) is 24.5 Å². The molecule has 3 nitrogen and oxygen atoms in total. The maximum absolute atomic E-state index is 12.1. The molecule has 1 aliphatic rings. The van der Waals surface area contributed by atoms with Crippen molar-refractivity contribution in [1.29, 1.82) is 0 Å². The third-order valence-corrected chi connectivity index (χ3v) is 3.64. The summed E-state index contributed by atoms with van der Waals surface area (Å²) in [6.07, 6.45) is -2.38. The van der Waals surface area contributed by atoms with Crippen LogP contribution in [0.1, 0.15) is 19.8 Å². The van der Waals surface area contributed by atoms with Crippen molar-refractivity contribution in [1.82, 2.24) is 4.90 Å². The SMILES string of the molecule is C[C@@H]1CCCN(C(=S)Nc2ccc(OC(F)(F)F)cc2)C1. The largest absolute Gasteiger partial charge is 0.573 e. The zero-order valence-electron chi connectivity index (χ0n) is 11.6. The second kappa shape index (κ2) is 6.51. The van der Waals surface area contributed by atoms with Gasteiger partial charge in [0.1, 0.15) is 5.75 Å². The second-order valence-electron chi connectivity index (χ2n) is 5.20. The zero-order valence-corrected chi connectivity index (χ0v) is 12.4. The number of piperidine rings is 1. The molecule has 7 heteroatoms. The first-order valence-corrected chi connectivity index (χ1v) is 7.16. The van der Waals surface area contributed by atoms with E-state index in [2.05, 4.69) is 21.9 Å². The highest BCUT2D eigenvalue weighted by Gasteiger charge is 2.31. The molecule has 0 unspecified atom stereocenters. The van der Waals surface area contributed by atoms with Crippen molar-refractivity contribution in [3.05, 3.63) is 24.3 Å². The third kappa shape index (κ3) is 5.08. The van der Waals surface area contributed by atoms with Crippen molar-refractivity contribution in [2.45, 2.75) is 26.1 Å². The van der Waals surface area contributed by atoms with E-state index in [0.717, 1.165) is 19.5 Å². The molecule has 1 saturated heterocycles. The van der Waals surface area contributed by atoms with E-state index in [1.807, 2.05) is 0 Å². The molecule has 0 saturated carbocycles. The summed E-state index contributed by atoms with van der Waals surface area (Å²) < 4.78 is 40.0. The lowest BCUT2D eigenvalue weighted by atomic mass is 10.0. The van der Waals surface area contributed by atoms with Gasteiger partial charge in [0.2, 0.25) is 0 Å². The van der Waals surface area contributed by atoms with E-state index in [-0.39, 0.29) is 5.75 Å². The minimum absolute atomic E-state index is 0.245. The predicted molar refractivity (Wildman–Crippen MR) is 79.3 cm³/mol. The van der Waals surface area contributed by atoms with Gasteiger partial charge in [0.25, 0.3) is 0 Å². The Morgan fingerprint density at radius 2 is 2.00 bits per heavy atom. The molecule has 0 amide bonds. The summed E-state index contributed by atoms with van der Waals surface area (Å²) in [7, 11) is 0. The molecule has 0 radical (unpaired) electrons. The van der Waals surface area contributed by atoms with Crippen LogP contribution in [0.25, 0.3) is 0 Å². The van der Waals surface area contributed by atoms with E-state index in [0.29, 0.717) is 16.7 Å². The van der Waals surface area contributed by atoms with Gasteiger partial charge in [-0.2, -0.15) is 0 Å². The molecule has 1 fully saturated rings. The Morgan fingerprint density at radius 1 is 1.33 bits per heavy atom. The van der Waals surface area contributed by atoms with Gasteiger partial charge in [-0.05, 0) is 55.2 Å². The molecule has 116 valence electrons. The van der Waals surface area contributed by atoms with Crippen LogP contribution in [0.2, 0.25) is 0 Å². The fourth-order valence-electron chi connectivity index (χ4n) is 2.32. The van der Waals surface area contributed by atoms with Crippen LogP contribution in [-0.4, -0.2) is 29.5 Å². The Hall–Kier alpha value is -1.50. The summed E-state index contributed by atoms with van der Waals surface area (Å²) in [4.78, 5) is 2.09. The van der Waals surface area contributed by atoms with E-state index >= 15 is 0 Å². The number of ether oxygens (including phenoxy) is 1. The van der Waals surface area contributed by atoms with Gasteiger partial charge < -0.3 is 15.0 Å². The maximum atomic E-state index is 12.1. The lowest BCUT2D eigenvalue weighted by molar-refractivity contribution is -0.274. The molecule has 21 heavy (non-hydrogen) atoms. The van der Waals surface area contributed by atoms with Crippen LogP contribution < -0.4 is 10.1 Å². The number of benzene rings is 1. The number of nitrogens with zero attached hydrogens (tertiary/aromatic N) is 1. The number of anilines is 1. The van der Waals surface area contributed by atoms with Gasteiger partial charge in [0, 0.05) is 18.8 Å². The molecule has 0 spiro atoms. The predicted octanol–water partition coefficient (Wildman–Crippen LogP) is 4.01. The summed E-state index contributed by atoms with van der Waals surface area (Å²) in [5.41, 5.74) is 0.646. The number of rotatable bonds is 2. The van der Waals surface area contributed by atoms with Crippen LogP contribution in [0.5, 0.6) is 5.75 Å². The van der Waals surface area contributed by atoms with Crippen molar-refractivity contribution in [3.63, 3.8) is 0 Å². The van der Waals surface area contributed by atoms with Crippen molar-refractivity contribution in [3.8, 4) is 5.75 Å². The summed E-state index contributed by atoms with van der Waals surface area (Å²) >= 11 is 5.33. The van der Waals surface area contributed by atoms with Gasteiger partial charge in [0.05, 0.1) is 0 Å². The number of alkyl halides is 3. The molecule has 0 aromatic heterocycles. The highest BCUT2D eigenvalue weighted by atomic mass is 32.1. The standard InChI is InChI=1S/C14H17F3N2OS/c1-10-3-2-8-19(9-10)13(21)18-11-4-6-12(7-5-11)20-14(15,16)17/h4-7,10H,2-3,8-9H2,1H3,(H,18,21)/t10-/m1/s1. The fraction of sp³-hybridized carbons (Fsp3) is 0.500. The molecular weight excluding hydrogens is 301 g/mol. The quantitative estimate of drug-likeness (QED) is 0.833. The smallest absolute Gasteiger partial charge is 0.406 e. The summed E-state index contributed by atoms with van der Waals surface area (Å²) in [5, 5.41) is 3.65. The Kier molecular flexibility index (Phi) is 4.92. The minimum atomic E-state index is -4.67. The first-order chi connectivity index (χ1) is 9.83. The molecule has 1 N–H and O–H groups in total. The molecule has 0 bridgehead atoms. The lowest BCUT2D eigenvalue weighted by Crippen LogP contribution is -2.41. The summed E-state index contributed by atoms with van der Waals surface area (Å²) in [6.45, 7) is 3.99. The molecule has 1 aliphatic heterocycles. The molecule has 0 aliphatic carbocycles. The zero-order chi connectivity index (χ0) is 15.5. The molecule has 1 aromatic carbocycles. The molecule has 1 atom stereocenters. The van der Waals surface area contributed by atoms with Crippen LogP contribution in [0.3, 0.4) is 0 Å². The van der Waals surface area contributed by atoms with Gasteiger partial charge in [-0.25, -0.2) is 0 Å². The van der Waals surface area contributed by atoms with E-state index in [9.17, 15) is 13.2 Å². The minimum Gasteiger partial charge on any atom is -0.406 e. The van der Waals surface area contributed by atoms with Crippen LogP contribution in [-0.2, 0) is 0 Å². The highest BCUT2D eigenvalue weighted by molar-refractivity contribution is 7.80. The molecular formula is C14H17F3N2OS. The first-order valence-electron chi connectivity index (χ1n) is 6.75. The van der Waals surface area contributed by atoms with Crippen molar-refractivity contribution in [2.75, 3.05) is 18.4 Å². The van der Waals surface area contributed by atoms with Crippen molar-refractivity contribution >= 4 is 23.0 Å². The van der Waals surface area contributed by atoms with Crippen molar-refractivity contribution < 1.29 is 17.9 Å². The molecule has 1 aromatic rings. The summed E-state index contributed by atoms with van der Waals surface area (Å²) in [5.74, 6) is 0.353. The summed E-state index contributed by atoms with van der Waals surface area (Å²) in [6, 6.07) is 5.55.